The van der Waals surface area contributed by atoms with E-state index in [1.54, 1.807) is 0 Å². The third-order valence-corrected chi connectivity index (χ3v) is 3.02. The quantitative estimate of drug-likeness (QED) is 0.576. The highest BCUT2D eigenvalue weighted by atomic mass is 79.9. The highest BCUT2D eigenvalue weighted by molar-refractivity contribution is 9.10. The Labute approximate surface area is 120 Å². The van der Waals surface area contributed by atoms with Crippen LogP contribution < -0.4 is 5.32 Å². The van der Waals surface area contributed by atoms with Gasteiger partial charge in [-0.3, -0.25) is 0 Å². The van der Waals surface area contributed by atoms with Crippen LogP contribution in [0.25, 0.3) is 0 Å². The summed E-state index contributed by atoms with van der Waals surface area (Å²) in [5.74, 6) is -1.01. The average molecular weight is 338 g/mol. The molecule has 0 bridgehead atoms. The molecule has 0 heterocycles. The van der Waals surface area contributed by atoms with Crippen LogP contribution in [0.1, 0.15) is 20.3 Å². The maximum absolute atomic E-state index is 13.5. The molecule has 0 saturated heterocycles. The highest BCUT2D eigenvalue weighted by Crippen LogP contribution is 2.23. The molecule has 0 atom stereocenters. The van der Waals surface area contributed by atoms with Crippen molar-refractivity contribution in [1.82, 2.24) is 0 Å². The Morgan fingerprint density at radius 1 is 1.16 bits per heavy atom. The first-order chi connectivity index (χ1) is 9.08. The molecule has 3 nitrogen and oxygen atoms in total. The third-order valence-electron chi connectivity index (χ3n) is 2.41. The van der Waals surface area contributed by atoms with E-state index in [1.165, 1.54) is 0 Å². The standard InChI is InChI=1S/C13H18BrF2NO2/c1-3-18-13(19-4-2)5-6-17-12-8-10(15)9(14)7-11(12)16/h7-8,13,17H,3-6H2,1-2H3. The molecule has 1 aromatic rings. The lowest BCUT2D eigenvalue weighted by atomic mass is 10.3. The first kappa shape index (κ1) is 16.3. The lowest BCUT2D eigenvalue weighted by molar-refractivity contribution is -0.137. The minimum atomic E-state index is -0.505. The van der Waals surface area contributed by atoms with Crippen LogP contribution in [0.3, 0.4) is 0 Å². The van der Waals surface area contributed by atoms with Gasteiger partial charge in [0.05, 0.1) is 10.2 Å². The number of anilines is 1. The van der Waals surface area contributed by atoms with Crippen molar-refractivity contribution in [3.05, 3.63) is 28.2 Å². The fourth-order valence-electron chi connectivity index (χ4n) is 1.57. The van der Waals surface area contributed by atoms with Crippen LogP contribution in [-0.4, -0.2) is 26.0 Å². The normalized spacial score (nSPS) is 11.1. The van der Waals surface area contributed by atoms with Crippen LogP contribution in [0.2, 0.25) is 0 Å². The molecule has 108 valence electrons. The van der Waals surface area contributed by atoms with Gasteiger partial charge in [0, 0.05) is 32.2 Å². The van der Waals surface area contributed by atoms with E-state index >= 15 is 0 Å². The molecule has 0 amide bonds. The number of ether oxygens (including phenoxy) is 2. The Balaban J connectivity index is 2.50. The van der Waals surface area contributed by atoms with Gasteiger partial charge in [0.25, 0.3) is 0 Å². The van der Waals surface area contributed by atoms with Crippen molar-refractivity contribution in [2.24, 2.45) is 0 Å². The number of hydrogen-bond donors (Lipinski definition) is 1. The largest absolute Gasteiger partial charge is 0.382 e. The van der Waals surface area contributed by atoms with Gasteiger partial charge in [0.1, 0.15) is 11.6 Å². The van der Waals surface area contributed by atoms with E-state index < -0.39 is 11.6 Å². The predicted octanol–water partition coefficient (Wildman–Crippen LogP) is 3.93. The number of rotatable bonds is 8. The van der Waals surface area contributed by atoms with Crippen molar-refractivity contribution in [2.75, 3.05) is 25.1 Å². The third kappa shape index (κ3) is 5.42. The molecule has 0 aliphatic heterocycles. The number of hydrogen-bond acceptors (Lipinski definition) is 3. The Hall–Kier alpha value is -0.720. The molecule has 0 unspecified atom stereocenters. The first-order valence-electron chi connectivity index (χ1n) is 6.20. The van der Waals surface area contributed by atoms with Gasteiger partial charge in [0.2, 0.25) is 0 Å². The van der Waals surface area contributed by atoms with Gasteiger partial charge in [-0.15, -0.1) is 0 Å². The average Bonchev–Trinajstić information content (AvgIpc) is 2.36. The minimum absolute atomic E-state index is 0.108. The molecule has 6 heteroatoms. The topological polar surface area (TPSA) is 30.5 Å². The van der Waals surface area contributed by atoms with Crippen LogP contribution in [0.15, 0.2) is 16.6 Å². The van der Waals surface area contributed by atoms with Gasteiger partial charge in [-0.2, -0.15) is 0 Å². The maximum atomic E-state index is 13.5. The molecule has 19 heavy (non-hydrogen) atoms. The first-order valence-corrected chi connectivity index (χ1v) is 6.99. The maximum Gasteiger partial charge on any atom is 0.159 e. The van der Waals surface area contributed by atoms with E-state index in [-0.39, 0.29) is 16.5 Å². The van der Waals surface area contributed by atoms with Crippen molar-refractivity contribution in [3.8, 4) is 0 Å². The molecule has 1 rings (SSSR count). The number of halogens is 3. The van der Waals surface area contributed by atoms with E-state index in [1.807, 2.05) is 13.8 Å². The molecule has 0 fully saturated rings. The summed E-state index contributed by atoms with van der Waals surface area (Å²) in [5.41, 5.74) is 0.132. The Morgan fingerprint density at radius 3 is 2.37 bits per heavy atom. The molecule has 1 N–H and O–H groups in total. The summed E-state index contributed by atoms with van der Waals surface area (Å²) in [6.45, 7) is 5.28. The van der Waals surface area contributed by atoms with Gasteiger partial charge < -0.3 is 14.8 Å². The Bertz CT molecular complexity index is 398. The van der Waals surface area contributed by atoms with Gasteiger partial charge in [-0.25, -0.2) is 8.78 Å². The second-order valence-electron chi connectivity index (χ2n) is 3.80. The zero-order valence-corrected chi connectivity index (χ0v) is 12.6. The monoisotopic (exact) mass is 337 g/mol. The van der Waals surface area contributed by atoms with E-state index in [9.17, 15) is 8.78 Å². The Kier molecular flexibility index (Phi) is 7.27. The zero-order valence-electron chi connectivity index (χ0n) is 11.0. The lowest BCUT2D eigenvalue weighted by Gasteiger charge is -2.17. The van der Waals surface area contributed by atoms with E-state index in [0.29, 0.717) is 26.2 Å². The van der Waals surface area contributed by atoms with Crippen LogP contribution in [0.4, 0.5) is 14.5 Å². The number of benzene rings is 1. The summed E-state index contributed by atoms with van der Waals surface area (Å²) in [4.78, 5) is 0. The van der Waals surface area contributed by atoms with E-state index in [4.69, 9.17) is 9.47 Å². The molecule has 0 aromatic heterocycles. The van der Waals surface area contributed by atoms with Crippen LogP contribution in [0, 0.1) is 11.6 Å². The SMILES string of the molecule is CCOC(CCNc1cc(F)c(Br)cc1F)OCC. The molecule has 0 aliphatic carbocycles. The molecule has 0 spiro atoms. The lowest BCUT2D eigenvalue weighted by Crippen LogP contribution is -2.21. The molecule has 0 aliphatic rings. The second kappa shape index (κ2) is 8.45. The Morgan fingerprint density at radius 2 is 1.79 bits per heavy atom. The zero-order chi connectivity index (χ0) is 14.3. The number of nitrogens with one attached hydrogen (secondary N) is 1. The summed E-state index contributed by atoms with van der Waals surface area (Å²) in [6.07, 6.45) is 0.226. The summed E-state index contributed by atoms with van der Waals surface area (Å²) in [7, 11) is 0. The van der Waals surface area contributed by atoms with Crippen LogP contribution in [-0.2, 0) is 9.47 Å². The fourth-order valence-corrected chi connectivity index (χ4v) is 1.88. The van der Waals surface area contributed by atoms with Crippen LogP contribution in [0.5, 0.6) is 0 Å². The van der Waals surface area contributed by atoms with E-state index in [2.05, 4.69) is 21.2 Å². The van der Waals surface area contributed by atoms with Gasteiger partial charge in [0.15, 0.2) is 6.29 Å². The molecule has 0 radical (unpaired) electrons. The van der Waals surface area contributed by atoms with E-state index in [0.717, 1.165) is 12.1 Å². The van der Waals surface area contributed by atoms with Gasteiger partial charge in [-0.05, 0) is 35.8 Å². The molecular formula is C13H18BrF2NO2. The van der Waals surface area contributed by atoms with Crippen molar-refractivity contribution in [2.45, 2.75) is 26.6 Å². The predicted molar refractivity (Wildman–Crippen MR) is 74.2 cm³/mol. The second-order valence-corrected chi connectivity index (χ2v) is 4.66. The van der Waals surface area contributed by atoms with Crippen molar-refractivity contribution < 1.29 is 18.3 Å². The highest BCUT2D eigenvalue weighted by Gasteiger charge is 2.10. The smallest absolute Gasteiger partial charge is 0.159 e. The van der Waals surface area contributed by atoms with Gasteiger partial charge in [-0.1, -0.05) is 0 Å². The summed E-state index contributed by atoms with van der Waals surface area (Å²) >= 11 is 2.93. The fraction of sp³-hybridized carbons (Fsp3) is 0.538. The van der Waals surface area contributed by atoms with Crippen molar-refractivity contribution in [3.63, 3.8) is 0 Å². The summed E-state index contributed by atoms with van der Waals surface area (Å²) in [6, 6.07) is 2.22. The van der Waals surface area contributed by atoms with Crippen LogP contribution >= 0.6 is 15.9 Å². The summed E-state index contributed by atoms with van der Waals surface area (Å²) < 4.78 is 37.6. The molecule has 0 saturated carbocycles. The minimum Gasteiger partial charge on any atom is -0.382 e. The molecular weight excluding hydrogens is 320 g/mol. The van der Waals surface area contributed by atoms with Crippen molar-refractivity contribution in [1.29, 1.82) is 0 Å². The van der Waals surface area contributed by atoms with Crippen molar-refractivity contribution >= 4 is 21.6 Å². The summed E-state index contributed by atoms with van der Waals surface area (Å²) in [5, 5.41) is 2.83. The molecule has 1 aromatic carbocycles. The van der Waals surface area contributed by atoms with Gasteiger partial charge >= 0.3 is 0 Å².